The van der Waals surface area contributed by atoms with Gasteiger partial charge < -0.3 is 4.42 Å². The fraction of sp³-hybridized carbons (Fsp3) is 0.400. The van der Waals surface area contributed by atoms with Crippen LogP contribution in [0.15, 0.2) is 33.4 Å². The maximum absolute atomic E-state index is 12.5. The van der Waals surface area contributed by atoms with Gasteiger partial charge in [-0.3, -0.25) is 0 Å². The van der Waals surface area contributed by atoms with E-state index in [2.05, 4.69) is 34.8 Å². The molecule has 0 radical (unpaired) electrons. The molecule has 2 nitrogen and oxygen atoms in total. The lowest BCUT2D eigenvalue weighted by Gasteiger charge is -2.06. The predicted octanol–water partition coefficient (Wildman–Crippen LogP) is 5.71. The monoisotopic (exact) mass is 361 g/mol. The van der Waals surface area contributed by atoms with E-state index in [4.69, 9.17) is 4.42 Å². The number of benzene rings is 1. The minimum atomic E-state index is -4.33. The fourth-order valence-electron chi connectivity index (χ4n) is 1.86. The quantitative estimate of drug-likeness (QED) is 0.696. The van der Waals surface area contributed by atoms with Crippen molar-refractivity contribution in [3.8, 4) is 11.3 Å². The first-order valence-electron chi connectivity index (χ1n) is 6.60. The molecule has 1 heterocycles. The minimum absolute atomic E-state index is 0.445. The average molecular weight is 362 g/mol. The third-order valence-corrected chi connectivity index (χ3v) is 3.59. The number of alkyl halides is 3. The summed E-state index contributed by atoms with van der Waals surface area (Å²) in [6, 6.07) is 4.89. The third kappa shape index (κ3) is 4.09. The van der Waals surface area contributed by atoms with Crippen LogP contribution >= 0.6 is 15.9 Å². The van der Waals surface area contributed by atoms with Crippen LogP contribution in [0, 0.1) is 5.92 Å². The lowest BCUT2D eigenvalue weighted by molar-refractivity contribution is -0.137. The summed E-state index contributed by atoms with van der Waals surface area (Å²) in [6.07, 6.45) is -2.68. The normalized spacial score (nSPS) is 12.1. The van der Waals surface area contributed by atoms with Crippen molar-refractivity contribution in [3.63, 3.8) is 0 Å². The Bertz CT molecular complexity index is 602. The van der Waals surface area contributed by atoms with E-state index in [9.17, 15) is 13.2 Å². The summed E-state index contributed by atoms with van der Waals surface area (Å²) in [5.41, 5.74) is 0.447. The molecule has 0 fully saturated rings. The summed E-state index contributed by atoms with van der Waals surface area (Å²) in [5.74, 6) is 1.12. The van der Waals surface area contributed by atoms with Gasteiger partial charge in [0, 0.05) is 12.0 Å². The number of hydrogen-bond donors (Lipinski definition) is 0. The zero-order valence-corrected chi connectivity index (χ0v) is 13.3. The van der Waals surface area contributed by atoms with Crippen molar-refractivity contribution in [3.05, 3.63) is 40.4 Å². The maximum atomic E-state index is 12.5. The van der Waals surface area contributed by atoms with Gasteiger partial charge in [0.1, 0.15) is 5.69 Å². The molecular formula is C15H15BrF3NO. The van der Waals surface area contributed by atoms with Gasteiger partial charge in [0.05, 0.1) is 5.56 Å². The van der Waals surface area contributed by atoms with Gasteiger partial charge in [-0.2, -0.15) is 13.2 Å². The van der Waals surface area contributed by atoms with Crippen molar-refractivity contribution in [2.24, 2.45) is 5.92 Å². The summed E-state index contributed by atoms with van der Waals surface area (Å²) in [7, 11) is 0. The molecule has 0 saturated heterocycles. The SMILES string of the molecule is CC(C)CCc1nc(-c2ccc(C(F)(F)F)cc2)c(Br)o1. The molecular weight excluding hydrogens is 347 g/mol. The third-order valence-electron chi connectivity index (χ3n) is 3.05. The first-order valence-corrected chi connectivity index (χ1v) is 7.39. The number of rotatable bonds is 4. The van der Waals surface area contributed by atoms with Gasteiger partial charge >= 0.3 is 6.18 Å². The first-order chi connectivity index (χ1) is 9.77. The Morgan fingerprint density at radius 1 is 1.19 bits per heavy atom. The molecule has 0 aliphatic rings. The summed E-state index contributed by atoms with van der Waals surface area (Å²) in [4.78, 5) is 4.35. The van der Waals surface area contributed by atoms with E-state index in [-0.39, 0.29) is 0 Å². The van der Waals surface area contributed by atoms with E-state index in [1.165, 1.54) is 12.1 Å². The molecule has 0 aliphatic carbocycles. The Labute approximate surface area is 129 Å². The highest BCUT2D eigenvalue weighted by molar-refractivity contribution is 9.10. The Morgan fingerprint density at radius 3 is 2.33 bits per heavy atom. The molecule has 0 bridgehead atoms. The zero-order valence-electron chi connectivity index (χ0n) is 11.7. The van der Waals surface area contributed by atoms with E-state index in [1.807, 2.05) is 0 Å². The molecule has 2 rings (SSSR count). The van der Waals surface area contributed by atoms with E-state index in [0.29, 0.717) is 34.2 Å². The lowest BCUT2D eigenvalue weighted by atomic mass is 10.1. The van der Waals surface area contributed by atoms with Crippen LogP contribution in [-0.2, 0) is 12.6 Å². The van der Waals surface area contributed by atoms with Crippen molar-refractivity contribution in [1.82, 2.24) is 4.98 Å². The molecule has 0 amide bonds. The lowest BCUT2D eigenvalue weighted by Crippen LogP contribution is -2.04. The average Bonchev–Trinajstić information content (AvgIpc) is 2.77. The van der Waals surface area contributed by atoms with Crippen LogP contribution in [-0.4, -0.2) is 4.98 Å². The standard InChI is InChI=1S/C15H15BrF3NO/c1-9(2)3-8-12-20-13(14(16)21-12)10-4-6-11(7-5-10)15(17,18)19/h4-7,9H,3,8H2,1-2H3. The predicted molar refractivity (Wildman–Crippen MR) is 77.8 cm³/mol. The van der Waals surface area contributed by atoms with Gasteiger partial charge in [0.2, 0.25) is 0 Å². The number of hydrogen-bond acceptors (Lipinski definition) is 2. The van der Waals surface area contributed by atoms with Gasteiger partial charge in [-0.15, -0.1) is 0 Å². The van der Waals surface area contributed by atoms with Crippen molar-refractivity contribution < 1.29 is 17.6 Å². The highest BCUT2D eigenvalue weighted by Crippen LogP contribution is 2.33. The Hall–Kier alpha value is -1.30. The smallest absolute Gasteiger partial charge is 0.416 e. The van der Waals surface area contributed by atoms with Crippen LogP contribution in [0.3, 0.4) is 0 Å². The van der Waals surface area contributed by atoms with Crippen molar-refractivity contribution in [2.45, 2.75) is 32.9 Å². The van der Waals surface area contributed by atoms with Gasteiger partial charge in [-0.25, -0.2) is 4.98 Å². The van der Waals surface area contributed by atoms with Crippen LogP contribution in [0.2, 0.25) is 0 Å². The van der Waals surface area contributed by atoms with Gasteiger partial charge in [0.25, 0.3) is 0 Å². The highest BCUT2D eigenvalue weighted by atomic mass is 79.9. The van der Waals surface area contributed by atoms with Crippen molar-refractivity contribution in [2.75, 3.05) is 0 Å². The number of oxazole rings is 1. The number of nitrogens with zero attached hydrogens (tertiary/aromatic N) is 1. The molecule has 0 atom stereocenters. The molecule has 21 heavy (non-hydrogen) atoms. The molecule has 0 aliphatic heterocycles. The molecule has 6 heteroatoms. The van der Waals surface area contributed by atoms with Crippen LogP contribution in [0.4, 0.5) is 13.2 Å². The van der Waals surface area contributed by atoms with Gasteiger partial charge in [0.15, 0.2) is 10.6 Å². The maximum Gasteiger partial charge on any atom is 0.416 e. The summed E-state index contributed by atoms with van der Waals surface area (Å²) < 4.78 is 43.6. The molecule has 1 aromatic carbocycles. The van der Waals surface area contributed by atoms with E-state index in [1.54, 1.807) is 0 Å². The van der Waals surface area contributed by atoms with Gasteiger partial charge in [-0.05, 0) is 40.4 Å². The van der Waals surface area contributed by atoms with Crippen LogP contribution < -0.4 is 0 Å². The van der Waals surface area contributed by atoms with Crippen LogP contribution in [0.1, 0.15) is 31.7 Å². The molecule has 0 N–H and O–H groups in total. The minimum Gasteiger partial charge on any atom is -0.433 e. The molecule has 0 saturated carbocycles. The van der Waals surface area contributed by atoms with E-state index >= 15 is 0 Å². The fourth-order valence-corrected chi connectivity index (χ4v) is 2.36. The Kier molecular flexibility index (Phi) is 4.76. The number of halogens is 4. The molecule has 0 unspecified atom stereocenters. The Morgan fingerprint density at radius 2 is 1.81 bits per heavy atom. The largest absolute Gasteiger partial charge is 0.433 e. The summed E-state index contributed by atoms with van der Waals surface area (Å²) in [6.45, 7) is 4.21. The van der Waals surface area contributed by atoms with Crippen molar-refractivity contribution >= 4 is 15.9 Å². The second kappa shape index (κ2) is 6.22. The molecule has 2 aromatic rings. The van der Waals surface area contributed by atoms with Gasteiger partial charge in [-0.1, -0.05) is 26.0 Å². The van der Waals surface area contributed by atoms with Crippen LogP contribution in [0.25, 0.3) is 11.3 Å². The topological polar surface area (TPSA) is 26.0 Å². The molecule has 1 aromatic heterocycles. The zero-order chi connectivity index (χ0) is 15.6. The highest BCUT2D eigenvalue weighted by Gasteiger charge is 2.30. The number of aryl methyl sites for hydroxylation is 1. The van der Waals surface area contributed by atoms with Crippen molar-refractivity contribution in [1.29, 1.82) is 0 Å². The second-order valence-corrected chi connectivity index (χ2v) is 5.96. The molecule has 0 spiro atoms. The Balaban J connectivity index is 2.22. The number of aromatic nitrogens is 1. The van der Waals surface area contributed by atoms with Crippen LogP contribution in [0.5, 0.6) is 0 Å². The summed E-state index contributed by atoms with van der Waals surface area (Å²) in [5, 5.41) is 0. The van der Waals surface area contributed by atoms with E-state index in [0.717, 1.165) is 18.6 Å². The molecule has 114 valence electrons. The summed E-state index contributed by atoms with van der Waals surface area (Å²) >= 11 is 3.27. The second-order valence-electron chi connectivity index (χ2n) is 5.24. The van der Waals surface area contributed by atoms with E-state index < -0.39 is 11.7 Å². The first kappa shape index (κ1) is 16.1.